The van der Waals surface area contributed by atoms with Gasteiger partial charge in [0.05, 0.1) is 12.1 Å². The van der Waals surface area contributed by atoms with Gasteiger partial charge in [0, 0.05) is 24.7 Å². The molecule has 0 radical (unpaired) electrons. The van der Waals surface area contributed by atoms with Crippen molar-refractivity contribution in [3.05, 3.63) is 42.1 Å². The molecule has 106 valence electrons. The van der Waals surface area contributed by atoms with Gasteiger partial charge in [-0.2, -0.15) is 0 Å². The maximum Gasteiger partial charge on any atom is 0.0734 e. The Morgan fingerprint density at radius 3 is 3.10 bits per heavy atom. The highest BCUT2D eigenvalue weighted by Gasteiger charge is 2.12. The number of fused-ring (bicyclic) bond motifs is 1. The van der Waals surface area contributed by atoms with Crippen molar-refractivity contribution in [2.75, 3.05) is 26.3 Å². The quantitative estimate of drug-likeness (QED) is 0.848. The maximum absolute atomic E-state index is 5.51. The Labute approximate surface area is 120 Å². The Morgan fingerprint density at radius 2 is 2.20 bits per heavy atom. The second kappa shape index (κ2) is 6.82. The zero-order valence-electron chi connectivity index (χ0n) is 11.8. The first kappa shape index (κ1) is 13.5. The Bertz CT molecular complexity index is 544. The molecule has 1 saturated heterocycles. The van der Waals surface area contributed by atoms with Crippen LogP contribution in [0.25, 0.3) is 10.9 Å². The van der Waals surface area contributed by atoms with Crippen LogP contribution in [-0.2, 0) is 11.2 Å². The second-order valence-corrected chi connectivity index (χ2v) is 5.53. The average Bonchev–Trinajstić information content (AvgIpc) is 2.53. The number of ether oxygens (including phenoxy) is 1. The van der Waals surface area contributed by atoms with E-state index in [-0.39, 0.29) is 0 Å². The number of benzene rings is 1. The van der Waals surface area contributed by atoms with Crippen LogP contribution in [0.15, 0.2) is 36.5 Å². The lowest BCUT2D eigenvalue weighted by Crippen LogP contribution is -2.30. The molecule has 1 N–H and O–H groups in total. The van der Waals surface area contributed by atoms with Gasteiger partial charge in [0.2, 0.25) is 0 Å². The third-order valence-electron chi connectivity index (χ3n) is 3.98. The van der Waals surface area contributed by atoms with E-state index in [1.54, 1.807) is 0 Å². The minimum Gasteiger partial charge on any atom is -0.381 e. The third kappa shape index (κ3) is 3.35. The Kier molecular flexibility index (Phi) is 4.61. The molecule has 0 bridgehead atoms. The van der Waals surface area contributed by atoms with Gasteiger partial charge < -0.3 is 10.1 Å². The van der Waals surface area contributed by atoms with E-state index in [0.717, 1.165) is 38.2 Å². The van der Waals surface area contributed by atoms with Crippen molar-refractivity contribution < 1.29 is 4.74 Å². The molecule has 2 heterocycles. The molecule has 1 unspecified atom stereocenters. The molecule has 0 spiro atoms. The number of hydrogen-bond donors (Lipinski definition) is 1. The minimum atomic E-state index is 0.689. The number of aromatic nitrogens is 1. The zero-order chi connectivity index (χ0) is 13.6. The average molecular weight is 270 g/mol. The van der Waals surface area contributed by atoms with E-state index in [9.17, 15) is 0 Å². The fourth-order valence-electron chi connectivity index (χ4n) is 2.87. The number of nitrogens with one attached hydrogen (secondary N) is 1. The van der Waals surface area contributed by atoms with Crippen molar-refractivity contribution in [1.29, 1.82) is 0 Å². The van der Waals surface area contributed by atoms with E-state index >= 15 is 0 Å². The molecule has 3 nitrogen and oxygen atoms in total. The largest absolute Gasteiger partial charge is 0.381 e. The van der Waals surface area contributed by atoms with Gasteiger partial charge in [-0.05, 0) is 43.4 Å². The predicted octanol–water partition coefficient (Wildman–Crippen LogP) is 2.79. The number of hydrogen-bond acceptors (Lipinski definition) is 3. The summed E-state index contributed by atoms with van der Waals surface area (Å²) < 4.78 is 5.51. The van der Waals surface area contributed by atoms with Gasteiger partial charge >= 0.3 is 0 Å². The van der Waals surface area contributed by atoms with Gasteiger partial charge in [-0.15, -0.1) is 0 Å². The summed E-state index contributed by atoms with van der Waals surface area (Å²) in [4.78, 5) is 4.50. The Balaban J connectivity index is 1.52. The molecule has 0 saturated carbocycles. The van der Waals surface area contributed by atoms with Crippen molar-refractivity contribution >= 4 is 10.9 Å². The lowest BCUT2D eigenvalue weighted by molar-refractivity contribution is 0.0550. The molecule has 3 rings (SSSR count). The van der Waals surface area contributed by atoms with Crippen LogP contribution in [0, 0.1) is 5.92 Å². The molecule has 20 heavy (non-hydrogen) atoms. The molecule has 1 aromatic carbocycles. The van der Waals surface area contributed by atoms with Gasteiger partial charge in [0.1, 0.15) is 0 Å². The van der Waals surface area contributed by atoms with E-state index in [2.05, 4.69) is 34.6 Å². The van der Waals surface area contributed by atoms with Gasteiger partial charge in [-0.1, -0.05) is 24.3 Å². The fourth-order valence-corrected chi connectivity index (χ4v) is 2.87. The fraction of sp³-hybridized carbons (Fsp3) is 0.471. The first-order valence-corrected chi connectivity index (χ1v) is 7.54. The molecular formula is C17H22N2O. The van der Waals surface area contributed by atoms with Crippen LogP contribution in [0.4, 0.5) is 0 Å². The summed E-state index contributed by atoms with van der Waals surface area (Å²) in [7, 11) is 0. The van der Waals surface area contributed by atoms with Crippen molar-refractivity contribution in [3.63, 3.8) is 0 Å². The highest BCUT2D eigenvalue weighted by atomic mass is 16.5. The molecular weight excluding hydrogens is 248 g/mol. The van der Waals surface area contributed by atoms with Crippen LogP contribution < -0.4 is 5.32 Å². The molecule has 1 fully saturated rings. The van der Waals surface area contributed by atoms with Gasteiger partial charge in [-0.25, -0.2) is 0 Å². The highest BCUT2D eigenvalue weighted by molar-refractivity contribution is 5.81. The molecule has 1 atom stereocenters. The highest BCUT2D eigenvalue weighted by Crippen LogP contribution is 2.16. The smallest absolute Gasteiger partial charge is 0.0734 e. The number of nitrogens with zero attached hydrogens (tertiary/aromatic N) is 1. The maximum atomic E-state index is 5.51. The van der Waals surface area contributed by atoms with Crippen LogP contribution in [0.5, 0.6) is 0 Å². The lowest BCUT2D eigenvalue weighted by atomic mass is 10.0. The lowest BCUT2D eigenvalue weighted by Gasteiger charge is -2.22. The first-order valence-electron chi connectivity index (χ1n) is 7.54. The first-order chi connectivity index (χ1) is 9.93. The summed E-state index contributed by atoms with van der Waals surface area (Å²) in [6.45, 7) is 3.94. The van der Waals surface area contributed by atoms with E-state index in [4.69, 9.17) is 4.74 Å². The van der Waals surface area contributed by atoms with Gasteiger partial charge in [-0.3, -0.25) is 4.98 Å². The topological polar surface area (TPSA) is 34.2 Å². The molecule has 1 aliphatic heterocycles. The zero-order valence-corrected chi connectivity index (χ0v) is 11.8. The van der Waals surface area contributed by atoms with Crippen LogP contribution in [-0.4, -0.2) is 31.3 Å². The monoisotopic (exact) mass is 270 g/mol. The van der Waals surface area contributed by atoms with E-state index in [1.807, 2.05) is 12.3 Å². The Morgan fingerprint density at radius 1 is 1.25 bits per heavy atom. The third-order valence-corrected chi connectivity index (χ3v) is 3.98. The van der Waals surface area contributed by atoms with E-state index < -0.39 is 0 Å². The van der Waals surface area contributed by atoms with Crippen molar-refractivity contribution in [3.8, 4) is 0 Å². The SMILES string of the molecule is c1cnc2c(CCNCC3CCCOC3)cccc2c1. The summed E-state index contributed by atoms with van der Waals surface area (Å²) in [6.07, 6.45) is 5.41. The summed E-state index contributed by atoms with van der Waals surface area (Å²) in [5.41, 5.74) is 2.47. The molecule has 1 aromatic heterocycles. The van der Waals surface area contributed by atoms with Crippen LogP contribution >= 0.6 is 0 Å². The minimum absolute atomic E-state index is 0.689. The molecule has 1 aliphatic rings. The summed E-state index contributed by atoms with van der Waals surface area (Å²) in [5, 5.41) is 4.79. The molecule has 3 heteroatoms. The molecule has 0 amide bonds. The number of rotatable bonds is 5. The summed E-state index contributed by atoms with van der Waals surface area (Å²) in [5.74, 6) is 0.689. The molecule has 0 aliphatic carbocycles. The Hall–Kier alpha value is -1.45. The van der Waals surface area contributed by atoms with Crippen LogP contribution in [0.3, 0.4) is 0 Å². The van der Waals surface area contributed by atoms with Crippen LogP contribution in [0.2, 0.25) is 0 Å². The summed E-state index contributed by atoms with van der Waals surface area (Å²) >= 11 is 0. The van der Waals surface area contributed by atoms with Crippen molar-refractivity contribution in [2.24, 2.45) is 5.92 Å². The van der Waals surface area contributed by atoms with E-state index in [0.29, 0.717) is 5.92 Å². The summed E-state index contributed by atoms with van der Waals surface area (Å²) in [6, 6.07) is 10.5. The van der Waals surface area contributed by atoms with Gasteiger partial charge in [0.25, 0.3) is 0 Å². The van der Waals surface area contributed by atoms with Crippen LogP contribution in [0.1, 0.15) is 18.4 Å². The van der Waals surface area contributed by atoms with Gasteiger partial charge in [0.15, 0.2) is 0 Å². The number of para-hydroxylation sites is 1. The number of pyridine rings is 1. The van der Waals surface area contributed by atoms with Crippen molar-refractivity contribution in [2.45, 2.75) is 19.3 Å². The second-order valence-electron chi connectivity index (χ2n) is 5.53. The van der Waals surface area contributed by atoms with E-state index in [1.165, 1.54) is 23.8 Å². The predicted molar refractivity (Wildman–Crippen MR) is 81.9 cm³/mol. The van der Waals surface area contributed by atoms with Crippen molar-refractivity contribution in [1.82, 2.24) is 10.3 Å². The normalized spacial score (nSPS) is 19.3. The standard InChI is InChI=1S/C17H22N2O/c1-5-15-7-2-9-19-17(15)16(6-1)8-10-18-12-14-4-3-11-20-13-14/h1-2,5-7,9,14,18H,3-4,8,10-13H2. The molecule has 2 aromatic rings.